The third kappa shape index (κ3) is 2.16. The Morgan fingerprint density at radius 1 is 1.62 bits per heavy atom. The van der Waals surface area contributed by atoms with Crippen LogP contribution < -0.4 is 5.73 Å². The first-order valence-electron chi connectivity index (χ1n) is 3.57. The van der Waals surface area contributed by atoms with Gasteiger partial charge in [-0.3, -0.25) is 8.77 Å². The van der Waals surface area contributed by atoms with Gasteiger partial charge in [0.15, 0.2) is 5.78 Å². The summed E-state index contributed by atoms with van der Waals surface area (Å²) in [6.07, 6.45) is 3.63. The second-order valence-electron chi connectivity index (χ2n) is 2.62. The van der Waals surface area contributed by atoms with Crippen molar-refractivity contribution in [1.82, 2.24) is 3.97 Å². The highest BCUT2D eigenvalue weighted by molar-refractivity contribution is 7.89. The van der Waals surface area contributed by atoms with Gasteiger partial charge in [-0.15, -0.1) is 0 Å². The van der Waals surface area contributed by atoms with E-state index in [1.54, 1.807) is 0 Å². The molecule has 0 bridgehead atoms. The highest BCUT2D eigenvalue weighted by Gasteiger charge is 2.09. The molecule has 0 radical (unpaired) electrons. The zero-order valence-electron chi connectivity index (χ0n) is 7.10. The Morgan fingerprint density at radius 2 is 2.23 bits per heavy atom. The van der Waals surface area contributed by atoms with Crippen molar-refractivity contribution in [2.75, 3.05) is 12.8 Å². The molecule has 0 amide bonds. The van der Waals surface area contributed by atoms with Crippen molar-refractivity contribution in [2.45, 2.75) is 0 Å². The van der Waals surface area contributed by atoms with Crippen molar-refractivity contribution in [3.05, 3.63) is 24.0 Å². The van der Waals surface area contributed by atoms with Gasteiger partial charge in [-0.05, 0) is 6.07 Å². The molecule has 0 aliphatic carbocycles. The maximum atomic E-state index is 11.0. The number of Topliss-reactive ketones (excluding diaryl/α,β-unsaturated/α-hetero) is 1. The molecule has 1 aromatic rings. The molecule has 6 heteroatoms. The minimum Gasteiger partial charge on any atom is -0.324 e. The quantitative estimate of drug-likeness (QED) is 0.666. The van der Waals surface area contributed by atoms with E-state index in [4.69, 9.17) is 5.73 Å². The van der Waals surface area contributed by atoms with Gasteiger partial charge in [-0.1, -0.05) is 0 Å². The van der Waals surface area contributed by atoms with E-state index in [2.05, 4.69) is 0 Å². The van der Waals surface area contributed by atoms with Gasteiger partial charge in [0.1, 0.15) is 0 Å². The zero-order chi connectivity index (χ0) is 10.1. The van der Waals surface area contributed by atoms with Crippen LogP contribution in [-0.2, 0) is 10.0 Å². The molecule has 1 rings (SSSR count). The summed E-state index contributed by atoms with van der Waals surface area (Å²) in [6.45, 7) is -0.117. The van der Waals surface area contributed by atoms with Crippen LogP contribution in [0, 0.1) is 0 Å². The van der Waals surface area contributed by atoms with Crippen LogP contribution in [0.25, 0.3) is 0 Å². The van der Waals surface area contributed by atoms with E-state index in [0.29, 0.717) is 5.56 Å². The lowest BCUT2D eigenvalue weighted by molar-refractivity contribution is 0.100. The number of hydrogen-bond donors (Lipinski definition) is 1. The van der Waals surface area contributed by atoms with Crippen LogP contribution in [-0.4, -0.2) is 31.0 Å². The number of carbonyl (C=O) groups is 1. The van der Waals surface area contributed by atoms with Crippen LogP contribution in [0.3, 0.4) is 0 Å². The SMILES string of the molecule is CS(=O)(=O)n1ccc(C(=O)CN)c1. The number of rotatable bonds is 3. The van der Waals surface area contributed by atoms with Crippen LogP contribution in [0.2, 0.25) is 0 Å². The first-order chi connectivity index (χ1) is 5.95. The van der Waals surface area contributed by atoms with E-state index in [1.807, 2.05) is 0 Å². The smallest absolute Gasteiger partial charge is 0.235 e. The highest BCUT2D eigenvalue weighted by Crippen LogP contribution is 2.03. The Labute approximate surface area is 76.2 Å². The lowest BCUT2D eigenvalue weighted by atomic mass is 10.2. The van der Waals surface area contributed by atoms with Gasteiger partial charge in [0, 0.05) is 18.0 Å². The third-order valence-electron chi connectivity index (χ3n) is 1.56. The Morgan fingerprint density at radius 3 is 2.62 bits per heavy atom. The topological polar surface area (TPSA) is 82.2 Å². The van der Waals surface area contributed by atoms with Gasteiger partial charge in [0.05, 0.1) is 12.8 Å². The fourth-order valence-electron chi connectivity index (χ4n) is 0.866. The maximum Gasteiger partial charge on any atom is 0.235 e. The molecule has 72 valence electrons. The van der Waals surface area contributed by atoms with Gasteiger partial charge in [0.2, 0.25) is 10.0 Å². The molecule has 5 nitrogen and oxygen atoms in total. The van der Waals surface area contributed by atoms with E-state index in [0.717, 1.165) is 10.2 Å². The van der Waals surface area contributed by atoms with Crippen molar-refractivity contribution in [3.8, 4) is 0 Å². The van der Waals surface area contributed by atoms with Crippen molar-refractivity contribution in [2.24, 2.45) is 5.73 Å². The summed E-state index contributed by atoms with van der Waals surface area (Å²) in [5, 5.41) is 0. The molecular formula is C7H10N2O3S. The summed E-state index contributed by atoms with van der Waals surface area (Å²) >= 11 is 0. The summed E-state index contributed by atoms with van der Waals surface area (Å²) in [6, 6.07) is 1.43. The Balaban J connectivity index is 3.07. The predicted octanol–water partition coefficient (Wildman–Crippen LogP) is -0.563. The van der Waals surface area contributed by atoms with E-state index < -0.39 is 10.0 Å². The van der Waals surface area contributed by atoms with Gasteiger partial charge < -0.3 is 5.73 Å². The normalized spacial score (nSPS) is 11.5. The predicted molar refractivity (Wildman–Crippen MR) is 48.1 cm³/mol. The lowest BCUT2D eigenvalue weighted by Crippen LogP contribution is -2.13. The fraction of sp³-hybridized carbons (Fsp3) is 0.286. The lowest BCUT2D eigenvalue weighted by Gasteiger charge is -1.96. The van der Waals surface area contributed by atoms with Crippen molar-refractivity contribution in [1.29, 1.82) is 0 Å². The fourth-order valence-corrected chi connectivity index (χ4v) is 1.45. The Kier molecular flexibility index (Phi) is 2.53. The second-order valence-corrected chi connectivity index (χ2v) is 4.51. The first kappa shape index (κ1) is 9.94. The van der Waals surface area contributed by atoms with Crippen molar-refractivity contribution in [3.63, 3.8) is 0 Å². The van der Waals surface area contributed by atoms with Gasteiger partial charge in [-0.2, -0.15) is 0 Å². The van der Waals surface area contributed by atoms with Crippen molar-refractivity contribution < 1.29 is 13.2 Å². The highest BCUT2D eigenvalue weighted by atomic mass is 32.2. The molecule has 2 N–H and O–H groups in total. The van der Waals surface area contributed by atoms with Crippen LogP contribution in [0.4, 0.5) is 0 Å². The molecule has 0 aliphatic rings. The molecule has 0 saturated carbocycles. The summed E-state index contributed by atoms with van der Waals surface area (Å²) in [7, 11) is -3.30. The molecule has 0 fully saturated rings. The molecule has 0 aromatic carbocycles. The van der Waals surface area contributed by atoms with Gasteiger partial charge in [0.25, 0.3) is 0 Å². The first-order valence-corrected chi connectivity index (χ1v) is 5.42. The maximum absolute atomic E-state index is 11.0. The molecule has 0 spiro atoms. The van der Waals surface area contributed by atoms with Crippen molar-refractivity contribution >= 4 is 15.8 Å². The summed E-state index contributed by atoms with van der Waals surface area (Å²) in [5.74, 6) is -0.276. The molecule has 0 aliphatic heterocycles. The summed E-state index contributed by atoms with van der Waals surface area (Å²) < 4.78 is 22.9. The molecule has 0 unspecified atom stereocenters. The Hall–Kier alpha value is -1.14. The van der Waals surface area contributed by atoms with E-state index in [-0.39, 0.29) is 12.3 Å². The average Bonchev–Trinajstić information content (AvgIpc) is 2.50. The zero-order valence-corrected chi connectivity index (χ0v) is 7.91. The number of ketones is 1. The molecule has 0 atom stereocenters. The average molecular weight is 202 g/mol. The molecule has 13 heavy (non-hydrogen) atoms. The van der Waals surface area contributed by atoms with Crippen LogP contribution >= 0.6 is 0 Å². The second kappa shape index (κ2) is 3.31. The number of aromatic nitrogens is 1. The van der Waals surface area contributed by atoms with Crippen LogP contribution in [0.5, 0.6) is 0 Å². The molecular weight excluding hydrogens is 192 g/mol. The largest absolute Gasteiger partial charge is 0.324 e. The van der Waals surface area contributed by atoms with Crippen LogP contribution in [0.15, 0.2) is 18.5 Å². The molecule has 0 saturated heterocycles. The summed E-state index contributed by atoms with van der Waals surface area (Å²) in [4.78, 5) is 11.0. The minimum atomic E-state index is -3.30. The Bertz CT molecular complexity index is 419. The van der Waals surface area contributed by atoms with E-state index >= 15 is 0 Å². The minimum absolute atomic E-state index is 0.117. The summed E-state index contributed by atoms with van der Waals surface area (Å²) in [5.41, 5.74) is 5.43. The molecule has 1 aromatic heterocycles. The number of hydrogen-bond acceptors (Lipinski definition) is 4. The number of nitrogens with zero attached hydrogens (tertiary/aromatic N) is 1. The van der Waals surface area contributed by atoms with Crippen LogP contribution in [0.1, 0.15) is 10.4 Å². The molecule has 1 heterocycles. The van der Waals surface area contributed by atoms with E-state index in [1.165, 1.54) is 18.5 Å². The van der Waals surface area contributed by atoms with Gasteiger partial charge >= 0.3 is 0 Å². The van der Waals surface area contributed by atoms with E-state index in [9.17, 15) is 13.2 Å². The van der Waals surface area contributed by atoms with Gasteiger partial charge in [-0.25, -0.2) is 8.42 Å². The standard InChI is InChI=1S/C7H10N2O3S/c1-13(11,12)9-3-2-6(5-9)7(10)4-8/h2-3,5H,4,8H2,1H3. The monoisotopic (exact) mass is 202 g/mol. The number of carbonyl (C=O) groups excluding carboxylic acids is 1. The third-order valence-corrected chi connectivity index (χ3v) is 2.55. The number of nitrogens with two attached hydrogens (primary N) is 1.